The van der Waals surface area contributed by atoms with Crippen LogP contribution in [0, 0.1) is 27.2 Å². The molecule has 0 aromatic heterocycles. The maximum Gasteiger partial charge on any atom is 0.289 e. The smallest absolute Gasteiger partial charge is 0.258 e. The molecule has 0 atom stereocenters. The Morgan fingerprint density at radius 1 is 0.857 bits per heavy atom. The van der Waals surface area contributed by atoms with Crippen LogP contribution in [0.15, 0.2) is 46.2 Å². The van der Waals surface area contributed by atoms with E-state index >= 15 is 0 Å². The lowest BCUT2D eigenvalue weighted by molar-refractivity contribution is -0.385. The van der Waals surface area contributed by atoms with E-state index in [9.17, 15) is 37.1 Å². The highest BCUT2D eigenvalue weighted by Gasteiger charge is 2.35. The number of nitro groups is 2. The number of benzene rings is 2. The van der Waals surface area contributed by atoms with E-state index in [2.05, 4.69) is 0 Å². The average molecular weight is 450 g/mol. The molecule has 2 rings (SSSR count). The van der Waals surface area contributed by atoms with E-state index in [1.165, 1.54) is 13.0 Å². The van der Waals surface area contributed by atoms with Crippen LogP contribution in [-0.4, -0.2) is 37.4 Å². The maximum atomic E-state index is 12.7. The van der Waals surface area contributed by atoms with Crippen LogP contribution in [0.2, 0.25) is 5.02 Å². The number of sulfonamides is 2. The Bertz CT molecular complexity index is 1100. The summed E-state index contributed by atoms with van der Waals surface area (Å²) >= 11 is 5.64. The van der Waals surface area contributed by atoms with Crippen LogP contribution >= 0.6 is 11.6 Å². The summed E-state index contributed by atoms with van der Waals surface area (Å²) in [5.74, 6) is 0. The second-order valence-corrected chi connectivity index (χ2v) is 10.0. The first kappa shape index (κ1) is 21.7. The Labute approximate surface area is 164 Å². The van der Waals surface area contributed by atoms with Crippen molar-refractivity contribution < 1.29 is 26.7 Å². The molecule has 150 valence electrons. The minimum atomic E-state index is -4.75. The van der Waals surface area contributed by atoms with Crippen molar-refractivity contribution >= 4 is 43.0 Å². The van der Waals surface area contributed by atoms with Gasteiger partial charge in [0.1, 0.15) is 5.02 Å². The maximum absolute atomic E-state index is 12.7. The molecular formula is C14H12ClN3O8S2. The molecule has 2 aromatic rings. The molecule has 0 bridgehead atoms. The van der Waals surface area contributed by atoms with Gasteiger partial charge in [-0.2, -0.15) is 0 Å². The molecule has 0 aliphatic heterocycles. The summed E-state index contributed by atoms with van der Waals surface area (Å²) in [6.07, 6.45) is 0. The fourth-order valence-corrected chi connectivity index (χ4v) is 5.50. The monoisotopic (exact) mass is 449 g/mol. The zero-order valence-corrected chi connectivity index (χ0v) is 16.7. The standard InChI is InChI=1S/C14H12ClN3O8S2/c1-9-3-4-10(7-13(9)17(19)20)27(23,24)16(2)28(25,26)11-5-6-12(15)14(8-11)18(21)22/h3-8H,1-2H3. The highest BCUT2D eigenvalue weighted by Crippen LogP contribution is 2.31. The molecule has 0 amide bonds. The molecule has 0 fully saturated rings. The fourth-order valence-electron chi connectivity index (χ4n) is 2.17. The van der Waals surface area contributed by atoms with Crippen LogP contribution < -0.4 is 0 Å². The first-order valence-electron chi connectivity index (χ1n) is 7.23. The Kier molecular flexibility index (Phi) is 5.75. The number of hydrogen-bond acceptors (Lipinski definition) is 8. The molecule has 14 heteroatoms. The van der Waals surface area contributed by atoms with Gasteiger partial charge in [-0.1, -0.05) is 21.4 Å². The summed E-state index contributed by atoms with van der Waals surface area (Å²) in [6.45, 7) is 1.39. The largest absolute Gasteiger partial charge is 0.289 e. The van der Waals surface area contributed by atoms with Gasteiger partial charge in [-0.3, -0.25) is 20.2 Å². The van der Waals surface area contributed by atoms with Gasteiger partial charge in [0.25, 0.3) is 31.4 Å². The summed E-state index contributed by atoms with van der Waals surface area (Å²) < 4.78 is 50.7. The van der Waals surface area contributed by atoms with E-state index in [0.29, 0.717) is 6.07 Å². The molecule has 0 N–H and O–H groups in total. The Morgan fingerprint density at radius 3 is 1.75 bits per heavy atom. The van der Waals surface area contributed by atoms with Crippen LogP contribution in [0.1, 0.15) is 5.56 Å². The quantitative estimate of drug-likeness (QED) is 0.480. The van der Waals surface area contributed by atoms with E-state index in [1.807, 2.05) is 0 Å². The molecule has 0 unspecified atom stereocenters. The van der Waals surface area contributed by atoms with Gasteiger partial charge >= 0.3 is 0 Å². The Balaban J connectivity index is 2.59. The molecule has 28 heavy (non-hydrogen) atoms. The van der Waals surface area contributed by atoms with Crippen molar-refractivity contribution in [1.82, 2.24) is 3.71 Å². The molecule has 0 radical (unpaired) electrons. The summed E-state index contributed by atoms with van der Waals surface area (Å²) in [6, 6.07) is 5.41. The predicted octanol–water partition coefficient (Wildman–Crippen LogP) is 2.47. The summed E-state index contributed by atoms with van der Waals surface area (Å²) in [5, 5.41) is 21.6. The number of nitro benzene ring substituents is 2. The van der Waals surface area contributed by atoms with Crippen molar-refractivity contribution in [3.8, 4) is 0 Å². The molecule has 0 heterocycles. The zero-order valence-electron chi connectivity index (χ0n) is 14.3. The normalized spacial score (nSPS) is 12.1. The first-order valence-corrected chi connectivity index (χ1v) is 10.5. The first-order chi connectivity index (χ1) is 12.8. The number of nitrogens with zero attached hydrogens (tertiary/aromatic N) is 3. The van der Waals surface area contributed by atoms with E-state index in [0.717, 1.165) is 31.3 Å². The minimum Gasteiger partial charge on any atom is -0.258 e. The Morgan fingerprint density at radius 2 is 1.29 bits per heavy atom. The molecule has 0 spiro atoms. The Hall–Kier alpha value is -2.61. The molecule has 2 aromatic carbocycles. The lowest BCUT2D eigenvalue weighted by Gasteiger charge is -2.17. The van der Waals surface area contributed by atoms with E-state index < -0.39 is 51.1 Å². The second kappa shape index (κ2) is 7.43. The second-order valence-electron chi connectivity index (χ2n) is 5.47. The molecular weight excluding hydrogens is 438 g/mol. The predicted molar refractivity (Wildman–Crippen MR) is 98.1 cm³/mol. The van der Waals surface area contributed by atoms with E-state index in [-0.39, 0.29) is 14.3 Å². The zero-order chi connectivity index (χ0) is 21.4. The lowest BCUT2D eigenvalue weighted by Crippen LogP contribution is -2.33. The third-order valence-electron chi connectivity index (χ3n) is 3.76. The van der Waals surface area contributed by atoms with Crippen molar-refractivity contribution in [2.75, 3.05) is 7.05 Å². The van der Waals surface area contributed by atoms with Crippen molar-refractivity contribution in [2.24, 2.45) is 0 Å². The number of hydrogen-bond donors (Lipinski definition) is 0. The van der Waals surface area contributed by atoms with Gasteiger partial charge in [-0.25, -0.2) is 16.8 Å². The molecule has 0 saturated carbocycles. The van der Waals surface area contributed by atoms with Crippen LogP contribution in [0.25, 0.3) is 0 Å². The van der Waals surface area contributed by atoms with Crippen molar-refractivity contribution in [2.45, 2.75) is 16.7 Å². The fraction of sp³-hybridized carbons (Fsp3) is 0.143. The summed E-state index contributed by atoms with van der Waals surface area (Å²) in [4.78, 5) is 19.0. The number of aryl methyl sites for hydroxylation is 1. The SMILES string of the molecule is Cc1ccc(S(=O)(=O)N(C)S(=O)(=O)c2ccc(Cl)c([N+](=O)[O-])c2)cc1[N+](=O)[O-]. The third-order valence-corrected chi connectivity index (χ3v) is 8.31. The van der Waals surface area contributed by atoms with Gasteiger partial charge in [0.2, 0.25) is 0 Å². The van der Waals surface area contributed by atoms with E-state index in [4.69, 9.17) is 11.6 Å². The lowest BCUT2D eigenvalue weighted by atomic mass is 10.2. The summed E-state index contributed by atoms with van der Waals surface area (Å²) in [7, 11) is -8.75. The van der Waals surface area contributed by atoms with Gasteiger partial charge < -0.3 is 0 Å². The van der Waals surface area contributed by atoms with Crippen LogP contribution in [0.3, 0.4) is 0 Å². The average Bonchev–Trinajstić information content (AvgIpc) is 2.60. The molecule has 0 aliphatic rings. The van der Waals surface area contributed by atoms with Crippen LogP contribution in [-0.2, 0) is 20.0 Å². The van der Waals surface area contributed by atoms with Crippen molar-refractivity contribution in [1.29, 1.82) is 0 Å². The van der Waals surface area contributed by atoms with Crippen molar-refractivity contribution in [3.63, 3.8) is 0 Å². The van der Waals surface area contributed by atoms with Crippen LogP contribution in [0.4, 0.5) is 11.4 Å². The molecule has 0 saturated heterocycles. The van der Waals surface area contributed by atoms with Gasteiger partial charge in [-0.05, 0) is 25.1 Å². The third kappa shape index (κ3) is 3.82. The highest BCUT2D eigenvalue weighted by atomic mass is 35.5. The van der Waals surface area contributed by atoms with Gasteiger partial charge in [0.15, 0.2) is 0 Å². The topological polar surface area (TPSA) is 158 Å². The summed E-state index contributed by atoms with van der Waals surface area (Å²) in [5.41, 5.74) is -1.05. The molecule has 11 nitrogen and oxygen atoms in total. The van der Waals surface area contributed by atoms with E-state index in [1.54, 1.807) is 0 Å². The van der Waals surface area contributed by atoms with Gasteiger partial charge in [-0.15, -0.1) is 0 Å². The van der Waals surface area contributed by atoms with Gasteiger partial charge in [0, 0.05) is 24.7 Å². The minimum absolute atomic E-state index is 0.0125. The number of rotatable bonds is 6. The van der Waals surface area contributed by atoms with Crippen molar-refractivity contribution in [3.05, 3.63) is 67.2 Å². The molecule has 0 aliphatic carbocycles. The van der Waals surface area contributed by atoms with Gasteiger partial charge in [0.05, 0.1) is 19.6 Å². The number of halogens is 1. The van der Waals surface area contributed by atoms with Crippen LogP contribution in [0.5, 0.6) is 0 Å². The highest BCUT2D eigenvalue weighted by molar-refractivity contribution is 8.04.